The molecule has 0 unspecified atom stereocenters. The molecule has 0 amide bonds. The molecule has 1 aromatic carbocycles. The van der Waals surface area contributed by atoms with Crippen LogP contribution in [0.1, 0.15) is 23.8 Å². The normalized spacial score (nSPS) is 10.8. The van der Waals surface area contributed by atoms with E-state index in [0.29, 0.717) is 0 Å². The topological polar surface area (TPSA) is 12.0 Å². The van der Waals surface area contributed by atoms with Gasteiger partial charge in [0, 0.05) is 26.5 Å². The third-order valence-electron chi connectivity index (χ3n) is 2.74. The van der Waals surface area contributed by atoms with E-state index in [1.165, 1.54) is 26.2 Å². The zero-order valence-corrected chi connectivity index (χ0v) is 14.2. The van der Waals surface area contributed by atoms with Gasteiger partial charge in [-0.25, -0.2) is 0 Å². The largest absolute Gasteiger partial charge is 0.313 e. The summed E-state index contributed by atoms with van der Waals surface area (Å²) in [6.45, 7) is 4.24. The number of benzene rings is 1. The standard InChI is InChI=1S/C15H18BrNS2/c1-2-8-17-10-12-3-5-13(6-4-12)19-11-15-14(16)7-9-18-15/h3-7,9,17H,2,8,10-11H2,1H3. The van der Waals surface area contributed by atoms with Crippen LogP contribution in [0.2, 0.25) is 0 Å². The van der Waals surface area contributed by atoms with E-state index < -0.39 is 0 Å². The number of thioether (sulfide) groups is 1. The molecule has 0 spiro atoms. The molecular formula is C15H18BrNS2. The molecule has 0 aliphatic carbocycles. The molecule has 2 rings (SSSR count). The van der Waals surface area contributed by atoms with Crippen molar-refractivity contribution in [1.82, 2.24) is 5.32 Å². The van der Waals surface area contributed by atoms with Crippen LogP contribution in [0, 0.1) is 0 Å². The summed E-state index contributed by atoms with van der Waals surface area (Å²) in [5.41, 5.74) is 1.36. The first kappa shape index (κ1) is 15.1. The van der Waals surface area contributed by atoms with E-state index in [9.17, 15) is 0 Å². The summed E-state index contributed by atoms with van der Waals surface area (Å²) >= 11 is 7.27. The second kappa shape index (κ2) is 8.10. The molecule has 1 heterocycles. The van der Waals surface area contributed by atoms with Crippen molar-refractivity contribution in [2.24, 2.45) is 0 Å². The summed E-state index contributed by atoms with van der Waals surface area (Å²) in [6, 6.07) is 11.0. The van der Waals surface area contributed by atoms with Crippen LogP contribution in [0.15, 0.2) is 45.1 Å². The molecule has 0 radical (unpaired) electrons. The summed E-state index contributed by atoms with van der Waals surface area (Å²) in [5.74, 6) is 1.03. The molecule has 2 aromatic rings. The van der Waals surface area contributed by atoms with Gasteiger partial charge in [-0.1, -0.05) is 19.1 Å². The summed E-state index contributed by atoms with van der Waals surface area (Å²) in [5, 5.41) is 5.55. The number of hydrogen-bond acceptors (Lipinski definition) is 3. The molecule has 0 saturated carbocycles. The van der Waals surface area contributed by atoms with Gasteiger partial charge >= 0.3 is 0 Å². The number of thiophene rings is 1. The zero-order valence-electron chi connectivity index (χ0n) is 11.0. The third-order valence-corrected chi connectivity index (χ3v) is 5.89. The molecule has 1 nitrogen and oxygen atoms in total. The lowest BCUT2D eigenvalue weighted by molar-refractivity contribution is 0.675. The van der Waals surface area contributed by atoms with Crippen molar-refractivity contribution < 1.29 is 0 Å². The fourth-order valence-corrected chi connectivity index (χ4v) is 4.38. The van der Waals surface area contributed by atoms with Crippen LogP contribution >= 0.6 is 39.0 Å². The predicted octanol–water partition coefficient (Wildman–Crippen LogP) is 5.30. The molecule has 19 heavy (non-hydrogen) atoms. The molecular weight excluding hydrogens is 338 g/mol. The molecule has 1 aromatic heterocycles. The average molecular weight is 356 g/mol. The van der Waals surface area contributed by atoms with Crippen molar-refractivity contribution in [3.8, 4) is 0 Å². The van der Waals surface area contributed by atoms with Crippen LogP contribution in [-0.4, -0.2) is 6.54 Å². The van der Waals surface area contributed by atoms with Crippen LogP contribution in [0.5, 0.6) is 0 Å². The summed E-state index contributed by atoms with van der Waals surface area (Å²) in [6.07, 6.45) is 1.18. The average Bonchev–Trinajstić information content (AvgIpc) is 2.84. The van der Waals surface area contributed by atoms with Crippen LogP contribution in [0.3, 0.4) is 0 Å². The Balaban J connectivity index is 1.83. The van der Waals surface area contributed by atoms with Gasteiger partial charge in [0.05, 0.1) is 0 Å². The lowest BCUT2D eigenvalue weighted by Gasteiger charge is -2.05. The quantitative estimate of drug-likeness (QED) is 0.533. The van der Waals surface area contributed by atoms with Gasteiger partial charge in [-0.05, 0) is 58.0 Å². The second-order valence-corrected chi connectivity index (χ2v) is 7.20. The summed E-state index contributed by atoms with van der Waals surface area (Å²) < 4.78 is 1.23. The molecule has 102 valence electrons. The predicted molar refractivity (Wildman–Crippen MR) is 90.0 cm³/mol. The maximum absolute atomic E-state index is 3.58. The summed E-state index contributed by atoms with van der Waals surface area (Å²) in [7, 11) is 0. The Labute approximate surface area is 131 Å². The van der Waals surface area contributed by atoms with E-state index in [4.69, 9.17) is 0 Å². The van der Waals surface area contributed by atoms with Gasteiger partial charge in [0.15, 0.2) is 0 Å². The van der Waals surface area contributed by atoms with Gasteiger partial charge in [0.1, 0.15) is 0 Å². The fourth-order valence-electron chi connectivity index (χ4n) is 1.69. The Bertz CT molecular complexity index is 493. The third kappa shape index (κ3) is 4.95. The number of rotatable bonds is 7. The minimum atomic E-state index is 0.968. The lowest BCUT2D eigenvalue weighted by Crippen LogP contribution is -2.13. The Hall–Kier alpha value is -0.290. The molecule has 0 bridgehead atoms. The van der Waals surface area contributed by atoms with E-state index in [2.05, 4.69) is 63.9 Å². The Morgan fingerprint density at radius 3 is 2.63 bits per heavy atom. The second-order valence-electron chi connectivity index (χ2n) is 4.30. The monoisotopic (exact) mass is 355 g/mol. The fraction of sp³-hybridized carbons (Fsp3) is 0.333. The minimum absolute atomic E-state index is 0.968. The van der Waals surface area contributed by atoms with Gasteiger partial charge in [0.25, 0.3) is 0 Å². The highest BCUT2D eigenvalue weighted by molar-refractivity contribution is 9.10. The number of hydrogen-bond donors (Lipinski definition) is 1. The van der Waals surface area contributed by atoms with Gasteiger partial charge < -0.3 is 5.32 Å². The minimum Gasteiger partial charge on any atom is -0.313 e. The van der Waals surface area contributed by atoms with Crippen molar-refractivity contribution in [2.45, 2.75) is 30.5 Å². The van der Waals surface area contributed by atoms with Gasteiger partial charge in [0.2, 0.25) is 0 Å². The smallest absolute Gasteiger partial charge is 0.0337 e. The molecule has 0 saturated heterocycles. The van der Waals surface area contributed by atoms with Gasteiger partial charge in [-0.2, -0.15) is 0 Å². The highest BCUT2D eigenvalue weighted by Gasteiger charge is 2.02. The van der Waals surface area contributed by atoms with E-state index >= 15 is 0 Å². The van der Waals surface area contributed by atoms with Crippen LogP contribution in [-0.2, 0) is 12.3 Å². The SMILES string of the molecule is CCCNCc1ccc(SCc2sccc2Br)cc1. The van der Waals surface area contributed by atoms with Crippen LogP contribution < -0.4 is 5.32 Å². The zero-order chi connectivity index (χ0) is 13.5. The first-order valence-corrected chi connectivity index (χ1v) is 9.09. The van der Waals surface area contributed by atoms with Gasteiger partial charge in [-0.15, -0.1) is 23.1 Å². The Morgan fingerprint density at radius 1 is 1.21 bits per heavy atom. The van der Waals surface area contributed by atoms with Crippen molar-refractivity contribution in [2.75, 3.05) is 6.54 Å². The molecule has 1 N–H and O–H groups in total. The van der Waals surface area contributed by atoms with E-state index in [0.717, 1.165) is 18.8 Å². The first-order valence-electron chi connectivity index (χ1n) is 6.44. The van der Waals surface area contributed by atoms with Gasteiger partial charge in [-0.3, -0.25) is 0 Å². The van der Waals surface area contributed by atoms with Crippen LogP contribution in [0.25, 0.3) is 0 Å². The lowest BCUT2D eigenvalue weighted by atomic mass is 10.2. The summed E-state index contributed by atoms with van der Waals surface area (Å²) in [4.78, 5) is 2.73. The molecule has 0 atom stereocenters. The molecule has 0 aliphatic heterocycles. The molecule has 0 fully saturated rings. The van der Waals surface area contributed by atoms with E-state index in [1.807, 2.05) is 23.1 Å². The highest BCUT2D eigenvalue weighted by Crippen LogP contribution is 2.30. The maximum atomic E-state index is 3.58. The number of nitrogens with one attached hydrogen (secondary N) is 1. The van der Waals surface area contributed by atoms with Crippen LogP contribution in [0.4, 0.5) is 0 Å². The Kier molecular flexibility index (Phi) is 6.44. The highest BCUT2D eigenvalue weighted by atomic mass is 79.9. The van der Waals surface area contributed by atoms with Crippen molar-refractivity contribution >= 4 is 39.0 Å². The maximum Gasteiger partial charge on any atom is 0.0337 e. The van der Waals surface area contributed by atoms with E-state index in [-0.39, 0.29) is 0 Å². The molecule has 4 heteroatoms. The van der Waals surface area contributed by atoms with Crippen molar-refractivity contribution in [1.29, 1.82) is 0 Å². The van der Waals surface area contributed by atoms with Crippen molar-refractivity contribution in [3.05, 3.63) is 50.6 Å². The Morgan fingerprint density at radius 2 is 2.00 bits per heavy atom. The van der Waals surface area contributed by atoms with E-state index in [1.54, 1.807) is 0 Å². The molecule has 0 aliphatic rings. The first-order chi connectivity index (χ1) is 9.29. The van der Waals surface area contributed by atoms with Crippen molar-refractivity contribution in [3.63, 3.8) is 0 Å². The number of halogens is 1.